The van der Waals surface area contributed by atoms with E-state index in [0.717, 1.165) is 30.8 Å². The number of aryl methyl sites for hydroxylation is 1. The molecular weight excluding hydrogens is 376 g/mol. The van der Waals surface area contributed by atoms with Crippen LogP contribution in [0.25, 0.3) is 0 Å². The third kappa shape index (κ3) is 6.15. The molecule has 6 nitrogen and oxygen atoms in total. The van der Waals surface area contributed by atoms with Crippen molar-refractivity contribution < 1.29 is 19.8 Å². The number of para-hydroxylation sites is 1. The highest BCUT2D eigenvalue weighted by Gasteiger charge is 2.26. The number of amides is 2. The zero-order chi connectivity index (χ0) is 21.3. The number of nitrogens with two attached hydrogens (primary N) is 1. The van der Waals surface area contributed by atoms with Crippen LogP contribution in [0.15, 0.2) is 54.6 Å². The molecule has 0 bridgehead atoms. The van der Waals surface area contributed by atoms with Crippen LogP contribution in [-0.4, -0.2) is 56.0 Å². The summed E-state index contributed by atoms with van der Waals surface area (Å²) in [6.07, 6.45) is 0.893. The molecule has 3 rings (SSSR count). The van der Waals surface area contributed by atoms with E-state index >= 15 is 0 Å². The number of benzene rings is 2. The first-order chi connectivity index (χ1) is 14.6. The normalized spacial score (nSPS) is 15.6. The lowest BCUT2D eigenvalue weighted by Crippen LogP contribution is -3.15. The Kier molecular flexibility index (Phi) is 7.99. The minimum atomic E-state index is 0.0377. The van der Waals surface area contributed by atoms with Gasteiger partial charge in [-0.15, -0.1) is 0 Å². The average molecular weight is 411 g/mol. The maximum Gasteiger partial charge on any atom is 0.279 e. The van der Waals surface area contributed by atoms with Gasteiger partial charge in [0.25, 0.3) is 11.8 Å². The van der Waals surface area contributed by atoms with E-state index in [1.807, 2.05) is 47.4 Å². The molecule has 1 aliphatic rings. The third-order valence-electron chi connectivity index (χ3n) is 5.88. The van der Waals surface area contributed by atoms with Gasteiger partial charge in [0.2, 0.25) is 0 Å². The number of nitrogens with zero attached hydrogens (tertiary/aromatic N) is 1. The lowest BCUT2D eigenvalue weighted by atomic mass is 10.1. The molecule has 30 heavy (non-hydrogen) atoms. The maximum absolute atomic E-state index is 12.6. The smallest absolute Gasteiger partial charge is 0.279 e. The Morgan fingerprint density at radius 1 is 1.07 bits per heavy atom. The quantitative estimate of drug-likeness (QED) is 0.584. The number of carbonyl (C=O) groups is 2. The van der Waals surface area contributed by atoms with Crippen LogP contribution in [0, 0.1) is 0 Å². The molecule has 2 amide bonds. The van der Waals surface area contributed by atoms with Crippen molar-refractivity contribution in [2.24, 2.45) is 0 Å². The van der Waals surface area contributed by atoms with Crippen LogP contribution in [0.2, 0.25) is 0 Å². The first kappa shape index (κ1) is 22.0. The van der Waals surface area contributed by atoms with Gasteiger partial charge in [-0.2, -0.15) is 0 Å². The van der Waals surface area contributed by atoms with Crippen molar-refractivity contribution in [3.63, 3.8) is 0 Å². The first-order valence-corrected chi connectivity index (χ1v) is 10.9. The molecule has 1 fully saturated rings. The lowest BCUT2D eigenvalue weighted by Gasteiger charge is -2.31. The molecule has 0 aromatic heterocycles. The largest absolute Gasteiger partial charge is 0.333 e. The van der Waals surface area contributed by atoms with Crippen LogP contribution >= 0.6 is 0 Å². The number of rotatable bonds is 8. The highest BCUT2D eigenvalue weighted by Crippen LogP contribution is 2.14. The van der Waals surface area contributed by atoms with E-state index in [1.165, 1.54) is 10.5 Å². The fraction of sp³-hybridized carbons (Fsp3) is 0.417. The molecule has 0 spiro atoms. The standard InChI is InChI=1S/C24H32N4O2/c1-3-20-9-7-8-12-22(20)26-23(29)18-27-13-15-28(16-14-27)24(30)17-25-19(2)21-10-5-4-6-11-21/h4-12,19,25H,3,13-18H2,1-2H3,(H,26,29)/p+2/t19-/m1/s1. The summed E-state index contributed by atoms with van der Waals surface area (Å²) in [5, 5.41) is 5.14. The van der Waals surface area contributed by atoms with Crippen LogP contribution in [0.3, 0.4) is 0 Å². The van der Waals surface area contributed by atoms with Crippen molar-refractivity contribution in [1.82, 2.24) is 4.90 Å². The fourth-order valence-corrected chi connectivity index (χ4v) is 3.92. The Morgan fingerprint density at radius 3 is 2.43 bits per heavy atom. The van der Waals surface area contributed by atoms with Gasteiger partial charge < -0.3 is 20.4 Å². The molecular formula is C24H34N4O2+2. The summed E-state index contributed by atoms with van der Waals surface area (Å²) in [4.78, 5) is 28.2. The summed E-state index contributed by atoms with van der Waals surface area (Å²) in [6, 6.07) is 18.5. The molecule has 0 unspecified atom stereocenters. The van der Waals surface area contributed by atoms with Gasteiger partial charge in [-0.25, -0.2) is 0 Å². The molecule has 160 valence electrons. The predicted molar refractivity (Wildman–Crippen MR) is 118 cm³/mol. The molecule has 0 saturated carbocycles. The Labute approximate surface area is 179 Å². The average Bonchev–Trinajstić information content (AvgIpc) is 2.78. The molecule has 1 aliphatic heterocycles. The van der Waals surface area contributed by atoms with Gasteiger partial charge >= 0.3 is 0 Å². The summed E-state index contributed by atoms with van der Waals surface area (Å²) < 4.78 is 0. The predicted octanol–water partition coefficient (Wildman–Crippen LogP) is 0.239. The third-order valence-corrected chi connectivity index (χ3v) is 5.88. The Bertz CT molecular complexity index is 832. The van der Waals surface area contributed by atoms with Crippen molar-refractivity contribution >= 4 is 17.5 Å². The van der Waals surface area contributed by atoms with Crippen molar-refractivity contribution in [3.05, 3.63) is 65.7 Å². The fourth-order valence-electron chi connectivity index (χ4n) is 3.92. The van der Waals surface area contributed by atoms with Gasteiger partial charge in [0, 0.05) is 11.3 Å². The van der Waals surface area contributed by atoms with Crippen LogP contribution < -0.4 is 15.5 Å². The second-order valence-electron chi connectivity index (χ2n) is 8.01. The molecule has 6 heteroatoms. The zero-order valence-electron chi connectivity index (χ0n) is 18.1. The minimum Gasteiger partial charge on any atom is -0.333 e. The summed E-state index contributed by atoms with van der Waals surface area (Å²) in [7, 11) is 0. The number of anilines is 1. The number of nitrogens with one attached hydrogen (secondary N) is 2. The van der Waals surface area contributed by atoms with Gasteiger partial charge in [-0.1, -0.05) is 55.5 Å². The first-order valence-electron chi connectivity index (χ1n) is 10.9. The van der Waals surface area contributed by atoms with E-state index in [1.54, 1.807) is 0 Å². The zero-order valence-corrected chi connectivity index (χ0v) is 18.1. The van der Waals surface area contributed by atoms with E-state index < -0.39 is 0 Å². The molecule has 2 aromatic rings. The van der Waals surface area contributed by atoms with Gasteiger partial charge in [-0.05, 0) is 25.0 Å². The summed E-state index contributed by atoms with van der Waals surface area (Å²) >= 11 is 0. The van der Waals surface area contributed by atoms with Crippen molar-refractivity contribution in [2.45, 2.75) is 26.3 Å². The second kappa shape index (κ2) is 10.9. The van der Waals surface area contributed by atoms with Crippen LogP contribution in [0.5, 0.6) is 0 Å². The summed E-state index contributed by atoms with van der Waals surface area (Å²) in [5.41, 5.74) is 3.29. The van der Waals surface area contributed by atoms with E-state index in [9.17, 15) is 9.59 Å². The molecule has 2 aromatic carbocycles. The van der Waals surface area contributed by atoms with Crippen LogP contribution in [0.1, 0.15) is 31.0 Å². The molecule has 4 N–H and O–H groups in total. The summed E-state index contributed by atoms with van der Waals surface area (Å²) in [6.45, 7) is 8.15. The van der Waals surface area contributed by atoms with Crippen molar-refractivity contribution in [3.8, 4) is 0 Å². The Hall–Kier alpha value is -2.70. The lowest BCUT2D eigenvalue weighted by molar-refractivity contribution is -0.895. The Balaban J connectivity index is 1.40. The van der Waals surface area contributed by atoms with E-state index in [2.05, 4.69) is 36.6 Å². The molecule has 0 radical (unpaired) electrons. The Morgan fingerprint density at radius 2 is 1.73 bits per heavy atom. The number of hydrogen-bond donors (Lipinski definition) is 3. The topological polar surface area (TPSA) is 70.5 Å². The molecule has 1 atom stereocenters. The summed E-state index contributed by atoms with van der Waals surface area (Å²) in [5.74, 6) is 0.217. The van der Waals surface area contributed by atoms with Gasteiger partial charge in [0.05, 0.1) is 26.2 Å². The van der Waals surface area contributed by atoms with Gasteiger partial charge in [0.1, 0.15) is 6.04 Å². The number of carbonyl (C=O) groups excluding carboxylic acids is 2. The number of piperazine rings is 1. The second-order valence-corrected chi connectivity index (χ2v) is 8.01. The van der Waals surface area contributed by atoms with E-state index in [0.29, 0.717) is 26.2 Å². The molecule has 0 aliphatic carbocycles. The molecule has 1 heterocycles. The van der Waals surface area contributed by atoms with Crippen molar-refractivity contribution in [2.75, 3.05) is 44.6 Å². The number of hydrogen-bond acceptors (Lipinski definition) is 2. The van der Waals surface area contributed by atoms with Gasteiger partial charge in [0.15, 0.2) is 13.1 Å². The van der Waals surface area contributed by atoms with E-state index in [-0.39, 0.29) is 17.9 Å². The monoisotopic (exact) mass is 410 g/mol. The highest BCUT2D eigenvalue weighted by molar-refractivity contribution is 5.92. The van der Waals surface area contributed by atoms with Crippen LogP contribution in [0.4, 0.5) is 5.69 Å². The van der Waals surface area contributed by atoms with Gasteiger partial charge in [-0.3, -0.25) is 9.59 Å². The number of quaternary nitrogens is 2. The SMILES string of the molecule is CCc1ccccc1NC(=O)C[NH+]1CCN(C(=O)C[NH2+][C@H](C)c2ccccc2)CC1. The maximum atomic E-state index is 12.6. The van der Waals surface area contributed by atoms with Crippen LogP contribution in [-0.2, 0) is 16.0 Å². The van der Waals surface area contributed by atoms with E-state index in [4.69, 9.17) is 0 Å². The minimum absolute atomic E-state index is 0.0377. The van der Waals surface area contributed by atoms with Crippen molar-refractivity contribution in [1.29, 1.82) is 0 Å². The molecule has 1 saturated heterocycles. The highest BCUT2D eigenvalue weighted by atomic mass is 16.2.